The van der Waals surface area contributed by atoms with Gasteiger partial charge in [-0.3, -0.25) is 9.59 Å². The number of nitrogens with one attached hydrogen (secondary N) is 1. The first-order chi connectivity index (χ1) is 10.5. The van der Waals surface area contributed by atoms with Gasteiger partial charge in [-0.1, -0.05) is 20.8 Å². The Bertz CT molecular complexity index is 647. The highest BCUT2D eigenvalue weighted by atomic mass is 19.4. The van der Waals surface area contributed by atoms with Gasteiger partial charge in [-0.2, -0.15) is 13.2 Å². The highest BCUT2D eigenvalue weighted by Gasteiger charge is 2.35. The van der Waals surface area contributed by atoms with E-state index in [4.69, 9.17) is 4.74 Å². The van der Waals surface area contributed by atoms with Crippen LogP contribution in [0.2, 0.25) is 0 Å². The fourth-order valence-corrected chi connectivity index (χ4v) is 2.35. The number of halogens is 3. The van der Waals surface area contributed by atoms with Crippen LogP contribution in [-0.4, -0.2) is 41.6 Å². The number of nitrogens with zero attached hydrogens (tertiary/aromatic N) is 1. The minimum absolute atomic E-state index is 0.155. The molecule has 2 rings (SSSR count). The number of hydrogen-bond donors (Lipinski definition) is 1. The Balaban J connectivity index is 2.21. The van der Waals surface area contributed by atoms with Crippen LogP contribution >= 0.6 is 0 Å². The first kappa shape index (κ1) is 17.5. The van der Waals surface area contributed by atoms with E-state index in [2.05, 4.69) is 0 Å². The summed E-state index contributed by atoms with van der Waals surface area (Å²) < 4.78 is 43.4. The molecule has 0 aromatic carbocycles. The van der Waals surface area contributed by atoms with Crippen LogP contribution in [0.3, 0.4) is 0 Å². The second-order valence-electron chi connectivity index (χ2n) is 6.59. The molecule has 1 fully saturated rings. The standard InChI is InChI=1S/C15H19F3N2O3/c1-14(2,3)11-8-20(6-7-23-11)13(22)10-5-4-9(12(21)19-10)15(16,17)18/h4-5,11H,6-8H2,1-3H3,(H,19,21)/t11-/m0/s1. The van der Waals surface area contributed by atoms with Gasteiger partial charge in [0, 0.05) is 13.1 Å². The molecule has 8 heteroatoms. The molecule has 1 N–H and O–H groups in total. The summed E-state index contributed by atoms with van der Waals surface area (Å²) in [5.74, 6) is -0.506. The summed E-state index contributed by atoms with van der Waals surface area (Å²) in [5, 5.41) is 0. The van der Waals surface area contributed by atoms with Crippen LogP contribution in [0, 0.1) is 5.41 Å². The Morgan fingerprint density at radius 2 is 1.96 bits per heavy atom. The van der Waals surface area contributed by atoms with Crippen molar-refractivity contribution in [3.63, 3.8) is 0 Å². The Morgan fingerprint density at radius 1 is 1.30 bits per heavy atom. The molecule has 128 valence electrons. The molecule has 1 aliphatic heterocycles. The zero-order valence-corrected chi connectivity index (χ0v) is 13.2. The average Bonchev–Trinajstić information content (AvgIpc) is 2.44. The molecular formula is C15H19F3N2O3. The summed E-state index contributed by atoms with van der Waals surface area (Å²) in [7, 11) is 0. The third-order valence-corrected chi connectivity index (χ3v) is 3.76. The molecule has 1 atom stereocenters. The molecule has 0 saturated carbocycles. The van der Waals surface area contributed by atoms with Crippen molar-refractivity contribution in [1.82, 2.24) is 9.88 Å². The third-order valence-electron chi connectivity index (χ3n) is 3.76. The van der Waals surface area contributed by atoms with Gasteiger partial charge in [-0.15, -0.1) is 0 Å². The van der Waals surface area contributed by atoms with Gasteiger partial charge in [-0.05, 0) is 17.5 Å². The summed E-state index contributed by atoms with van der Waals surface area (Å²) in [6.45, 7) is 6.93. The zero-order chi connectivity index (χ0) is 17.4. The van der Waals surface area contributed by atoms with E-state index in [0.29, 0.717) is 25.8 Å². The Labute approximate surface area is 131 Å². The van der Waals surface area contributed by atoms with Crippen molar-refractivity contribution >= 4 is 5.91 Å². The topological polar surface area (TPSA) is 62.4 Å². The van der Waals surface area contributed by atoms with Crippen LogP contribution in [0.25, 0.3) is 0 Å². The van der Waals surface area contributed by atoms with E-state index in [1.807, 2.05) is 25.8 Å². The number of aromatic amines is 1. The lowest BCUT2D eigenvalue weighted by atomic mass is 9.88. The Morgan fingerprint density at radius 3 is 2.48 bits per heavy atom. The number of ether oxygens (including phenoxy) is 1. The number of amides is 1. The lowest BCUT2D eigenvalue weighted by Gasteiger charge is -2.39. The van der Waals surface area contributed by atoms with Crippen LogP contribution < -0.4 is 5.56 Å². The largest absolute Gasteiger partial charge is 0.421 e. The number of morpholine rings is 1. The molecule has 23 heavy (non-hydrogen) atoms. The van der Waals surface area contributed by atoms with Crippen molar-refractivity contribution < 1.29 is 22.7 Å². The molecule has 1 saturated heterocycles. The molecule has 1 amide bonds. The van der Waals surface area contributed by atoms with E-state index in [0.717, 1.165) is 6.07 Å². The lowest BCUT2D eigenvalue weighted by Crippen LogP contribution is -2.50. The van der Waals surface area contributed by atoms with Crippen LogP contribution in [-0.2, 0) is 10.9 Å². The zero-order valence-electron chi connectivity index (χ0n) is 13.2. The van der Waals surface area contributed by atoms with Gasteiger partial charge in [0.15, 0.2) is 0 Å². The van der Waals surface area contributed by atoms with E-state index in [1.54, 1.807) is 0 Å². The molecule has 0 spiro atoms. The maximum atomic E-state index is 12.6. The Hall–Kier alpha value is -1.83. The maximum Gasteiger partial charge on any atom is 0.421 e. The van der Waals surface area contributed by atoms with Crippen molar-refractivity contribution in [2.75, 3.05) is 19.7 Å². The fraction of sp³-hybridized carbons (Fsp3) is 0.600. The minimum Gasteiger partial charge on any atom is -0.374 e. The monoisotopic (exact) mass is 332 g/mol. The Kier molecular flexibility index (Phi) is 4.57. The van der Waals surface area contributed by atoms with E-state index >= 15 is 0 Å². The van der Waals surface area contributed by atoms with Gasteiger partial charge in [0.25, 0.3) is 11.5 Å². The summed E-state index contributed by atoms with van der Waals surface area (Å²) in [6.07, 6.45) is -4.92. The predicted molar refractivity (Wildman–Crippen MR) is 77.2 cm³/mol. The average molecular weight is 332 g/mol. The number of pyridine rings is 1. The van der Waals surface area contributed by atoms with Gasteiger partial charge in [0.1, 0.15) is 11.3 Å². The van der Waals surface area contributed by atoms with Crippen molar-refractivity contribution in [1.29, 1.82) is 0 Å². The van der Waals surface area contributed by atoms with Crippen LogP contribution in [0.15, 0.2) is 16.9 Å². The number of aromatic nitrogens is 1. The van der Waals surface area contributed by atoms with E-state index in [1.165, 1.54) is 4.90 Å². The van der Waals surface area contributed by atoms with Crippen LogP contribution in [0.5, 0.6) is 0 Å². The van der Waals surface area contributed by atoms with Crippen LogP contribution in [0.4, 0.5) is 13.2 Å². The number of H-pyrrole nitrogens is 1. The molecule has 0 radical (unpaired) electrons. The van der Waals surface area contributed by atoms with E-state index in [9.17, 15) is 22.8 Å². The normalized spacial score (nSPS) is 19.7. The molecule has 1 aromatic heterocycles. The van der Waals surface area contributed by atoms with Gasteiger partial charge < -0.3 is 14.6 Å². The SMILES string of the molecule is CC(C)(C)[C@@H]1CN(C(=O)c2ccc(C(F)(F)F)c(=O)[nH]2)CCO1. The van der Waals surface area contributed by atoms with Crippen molar-refractivity contribution in [2.45, 2.75) is 33.1 Å². The maximum absolute atomic E-state index is 12.6. The van der Waals surface area contributed by atoms with Gasteiger partial charge >= 0.3 is 6.18 Å². The second-order valence-corrected chi connectivity index (χ2v) is 6.59. The smallest absolute Gasteiger partial charge is 0.374 e. The second kappa shape index (κ2) is 5.99. The molecule has 2 heterocycles. The fourth-order valence-electron chi connectivity index (χ4n) is 2.35. The van der Waals surface area contributed by atoms with Gasteiger partial charge in [0.2, 0.25) is 0 Å². The van der Waals surface area contributed by atoms with Crippen molar-refractivity contribution in [3.05, 3.63) is 33.7 Å². The first-order valence-corrected chi connectivity index (χ1v) is 7.21. The number of carbonyl (C=O) groups excluding carboxylic acids is 1. The van der Waals surface area contributed by atoms with Crippen LogP contribution in [0.1, 0.15) is 36.8 Å². The van der Waals surface area contributed by atoms with Crippen molar-refractivity contribution in [2.24, 2.45) is 5.41 Å². The van der Waals surface area contributed by atoms with Gasteiger partial charge in [-0.25, -0.2) is 0 Å². The van der Waals surface area contributed by atoms with E-state index < -0.39 is 23.2 Å². The molecule has 0 aliphatic carbocycles. The molecule has 5 nitrogen and oxygen atoms in total. The summed E-state index contributed by atoms with van der Waals surface area (Å²) in [5.41, 5.74) is -2.96. The predicted octanol–water partition coefficient (Wildman–Crippen LogP) is 2.28. The quantitative estimate of drug-likeness (QED) is 0.858. The third kappa shape index (κ3) is 3.93. The highest BCUT2D eigenvalue weighted by molar-refractivity contribution is 5.92. The minimum atomic E-state index is -4.74. The molecular weight excluding hydrogens is 313 g/mol. The van der Waals surface area contributed by atoms with E-state index in [-0.39, 0.29) is 17.2 Å². The highest BCUT2D eigenvalue weighted by Crippen LogP contribution is 2.27. The molecule has 0 bridgehead atoms. The number of hydrogen-bond acceptors (Lipinski definition) is 3. The van der Waals surface area contributed by atoms with Crippen molar-refractivity contribution in [3.8, 4) is 0 Å². The number of carbonyl (C=O) groups is 1. The number of alkyl halides is 3. The summed E-state index contributed by atoms with van der Waals surface area (Å²) in [4.78, 5) is 27.4. The number of rotatable bonds is 1. The van der Waals surface area contributed by atoms with Gasteiger partial charge in [0.05, 0.1) is 12.7 Å². The molecule has 1 aliphatic rings. The first-order valence-electron chi connectivity index (χ1n) is 7.21. The lowest BCUT2D eigenvalue weighted by molar-refractivity contribution is -0.138. The summed E-state index contributed by atoms with van der Waals surface area (Å²) in [6, 6.07) is 1.63. The summed E-state index contributed by atoms with van der Waals surface area (Å²) >= 11 is 0. The molecule has 1 aromatic rings. The molecule has 0 unspecified atom stereocenters.